The third-order valence-corrected chi connectivity index (χ3v) is 3.94. The second kappa shape index (κ2) is 11.0. The van der Waals surface area contributed by atoms with Crippen molar-refractivity contribution in [2.24, 2.45) is 0 Å². The van der Waals surface area contributed by atoms with Crippen LogP contribution in [0.2, 0.25) is 5.02 Å². The van der Waals surface area contributed by atoms with Gasteiger partial charge in [-0.05, 0) is 43.3 Å². The minimum absolute atomic E-state index is 0.189. The van der Waals surface area contributed by atoms with Gasteiger partial charge in [0.15, 0.2) is 0 Å². The quantitative estimate of drug-likeness (QED) is 0.546. The van der Waals surface area contributed by atoms with Gasteiger partial charge in [0.05, 0.1) is 6.61 Å². The molecule has 2 rings (SSSR count). The number of rotatable bonds is 11. The highest BCUT2D eigenvalue weighted by atomic mass is 35.5. The summed E-state index contributed by atoms with van der Waals surface area (Å²) in [4.78, 5) is 0. The zero-order valence-electron chi connectivity index (χ0n) is 13.8. The largest absolute Gasteiger partial charge is 0.489 e. The summed E-state index contributed by atoms with van der Waals surface area (Å²) in [5.74, 6) is 0.846. The fourth-order valence-corrected chi connectivity index (χ4v) is 2.49. The van der Waals surface area contributed by atoms with Crippen molar-refractivity contribution in [1.82, 2.24) is 10.6 Å². The van der Waals surface area contributed by atoms with E-state index in [1.165, 1.54) is 5.56 Å². The molecule has 0 fully saturated rings. The molecule has 130 valence electrons. The summed E-state index contributed by atoms with van der Waals surface area (Å²) < 4.78 is 5.84. The highest BCUT2D eigenvalue weighted by molar-refractivity contribution is 6.31. The van der Waals surface area contributed by atoms with E-state index in [1.807, 2.05) is 42.5 Å². The topological polar surface area (TPSA) is 53.5 Å². The molecule has 3 N–H and O–H groups in total. The Morgan fingerprint density at radius 3 is 2.62 bits per heavy atom. The van der Waals surface area contributed by atoms with Crippen LogP contribution in [0.5, 0.6) is 5.75 Å². The maximum Gasteiger partial charge on any atom is 0.120 e. The number of benzene rings is 2. The molecule has 2 aromatic rings. The average Bonchev–Trinajstić information content (AvgIpc) is 2.61. The Balaban J connectivity index is 1.72. The number of aliphatic hydroxyl groups excluding tert-OH is 1. The smallest absolute Gasteiger partial charge is 0.120 e. The predicted octanol–water partition coefficient (Wildman–Crippen LogP) is 2.98. The van der Waals surface area contributed by atoms with Crippen LogP contribution in [0.3, 0.4) is 0 Å². The summed E-state index contributed by atoms with van der Waals surface area (Å²) in [7, 11) is 0. The number of ether oxygens (including phenoxy) is 1. The summed E-state index contributed by atoms with van der Waals surface area (Å²) in [5.41, 5.74) is 2.17. The van der Waals surface area contributed by atoms with Gasteiger partial charge in [-0.15, -0.1) is 0 Å². The van der Waals surface area contributed by atoms with E-state index in [0.29, 0.717) is 13.2 Å². The van der Waals surface area contributed by atoms with E-state index >= 15 is 0 Å². The van der Waals surface area contributed by atoms with E-state index in [0.717, 1.165) is 42.4 Å². The van der Waals surface area contributed by atoms with E-state index in [2.05, 4.69) is 16.7 Å². The highest BCUT2D eigenvalue weighted by Gasteiger charge is 2.01. The molecule has 0 bridgehead atoms. The van der Waals surface area contributed by atoms with Crippen molar-refractivity contribution in [2.75, 3.05) is 26.2 Å². The van der Waals surface area contributed by atoms with Crippen LogP contribution in [0.25, 0.3) is 0 Å². The maximum atomic E-state index is 8.68. The Labute approximate surface area is 148 Å². The van der Waals surface area contributed by atoms with Crippen LogP contribution in [-0.2, 0) is 13.2 Å². The molecule has 0 radical (unpaired) electrons. The fourth-order valence-electron chi connectivity index (χ4n) is 2.30. The third kappa shape index (κ3) is 6.89. The van der Waals surface area contributed by atoms with Gasteiger partial charge in [-0.25, -0.2) is 0 Å². The Hall–Kier alpha value is -1.59. The van der Waals surface area contributed by atoms with Gasteiger partial charge in [0.2, 0.25) is 0 Å². The lowest BCUT2D eigenvalue weighted by atomic mass is 10.2. The van der Waals surface area contributed by atoms with Crippen molar-refractivity contribution in [3.8, 4) is 5.75 Å². The van der Waals surface area contributed by atoms with Crippen LogP contribution in [0.1, 0.15) is 17.5 Å². The molecule has 2 aromatic carbocycles. The standard InChI is InChI=1S/C19H25ClN2O2/c20-19-8-2-1-6-17(19)15-24-18-7-3-5-16(13-18)14-22-10-4-9-21-11-12-23/h1-3,5-8,13,21-23H,4,9-12,14-15H2. The molecule has 0 heterocycles. The monoisotopic (exact) mass is 348 g/mol. The van der Waals surface area contributed by atoms with Gasteiger partial charge in [-0.1, -0.05) is 41.9 Å². The summed E-state index contributed by atoms with van der Waals surface area (Å²) in [6.07, 6.45) is 1.03. The van der Waals surface area contributed by atoms with Crippen LogP contribution < -0.4 is 15.4 Å². The molecule has 4 nitrogen and oxygen atoms in total. The van der Waals surface area contributed by atoms with Gasteiger partial charge in [0.1, 0.15) is 12.4 Å². The van der Waals surface area contributed by atoms with Gasteiger partial charge in [-0.3, -0.25) is 0 Å². The predicted molar refractivity (Wildman–Crippen MR) is 98.5 cm³/mol. The molecule has 0 saturated carbocycles. The molecule has 5 heteroatoms. The van der Waals surface area contributed by atoms with Crippen molar-refractivity contribution < 1.29 is 9.84 Å². The lowest BCUT2D eigenvalue weighted by Gasteiger charge is -2.10. The van der Waals surface area contributed by atoms with Crippen molar-refractivity contribution in [3.63, 3.8) is 0 Å². The van der Waals surface area contributed by atoms with Crippen molar-refractivity contribution in [2.45, 2.75) is 19.6 Å². The summed E-state index contributed by atoms with van der Waals surface area (Å²) in [6.45, 7) is 3.97. The van der Waals surface area contributed by atoms with Gasteiger partial charge < -0.3 is 20.5 Å². The molecule has 0 aromatic heterocycles. The van der Waals surface area contributed by atoms with E-state index in [-0.39, 0.29) is 6.61 Å². The van der Waals surface area contributed by atoms with E-state index in [1.54, 1.807) is 0 Å². The number of hydrogen-bond donors (Lipinski definition) is 3. The Bertz CT molecular complexity index is 607. The molecule has 0 aliphatic heterocycles. The average molecular weight is 349 g/mol. The molecule has 0 amide bonds. The summed E-state index contributed by atoms with van der Waals surface area (Å²) in [5, 5.41) is 16.0. The highest BCUT2D eigenvalue weighted by Crippen LogP contribution is 2.19. The van der Waals surface area contributed by atoms with Crippen molar-refractivity contribution in [1.29, 1.82) is 0 Å². The summed E-state index contributed by atoms with van der Waals surface area (Å²) >= 11 is 6.14. The van der Waals surface area contributed by atoms with E-state index in [4.69, 9.17) is 21.4 Å². The van der Waals surface area contributed by atoms with Crippen molar-refractivity contribution >= 4 is 11.6 Å². The normalized spacial score (nSPS) is 10.8. The van der Waals surface area contributed by atoms with Crippen LogP contribution in [0, 0.1) is 0 Å². The third-order valence-electron chi connectivity index (χ3n) is 3.58. The molecule has 0 saturated heterocycles. The lowest BCUT2D eigenvalue weighted by Crippen LogP contribution is -2.23. The fraction of sp³-hybridized carbons (Fsp3) is 0.368. The van der Waals surface area contributed by atoms with Crippen LogP contribution in [0.15, 0.2) is 48.5 Å². The zero-order valence-corrected chi connectivity index (χ0v) is 14.6. The first-order valence-corrected chi connectivity index (χ1v) is 8.65. The van der Waals surface area contributed by atoms with Crippen molar-refractivity contribution in [3.05, 3.63) is 64.7 Å². The second-order valence-electron chi connectivity index (χ2n) is 5.53. The Kier molecular flexibility index (Phi) is 8.63. The van der Waals surface area contributed by atoms with Gasteiger partial charge >= 0.3 is 0 Å². The number of aliphatic hydroxyl groups is 1. The molecule has 0 aliphatic rings. The first-order valence-electron chi connectivity index (χ1n) is 8.27. The van der Waals surface area contributed by atoms with Gasteiger partial charge in [0.25, 0.3) is 0 Å². The molecule has 0 spiro atoms. The molecule has 0 atom stereocenters. The first-order chi connectivity index (χ1) is 11.8. The Morgan fingerprint density at radius 2 is 1.79 bits per heavy atom. The molecular formula is C19H25ClN2O2. The SMILES string of the molecule is OCCNCCCNCc1cccc(OCc2ccccc2Cl)c1. The molecule has 0 aliphatic carbocycles. The summed E-state index contributed by atoms with van der Waals surface area (Å²) in [6, 6.07) is 15.8. The Morgan fingerprint density at radius 1 is 0.958 bits per heavy atom. The molecular weight excluding hydrogens is 324 g/mol. The first kappa shape index (κ1) is 18.7. The zero-order chi connectivity index (χ0) is 17.0. The van der Waals surface area contributed by atoms with Crippen LogP contribution in [-0.4, -0.2) is 31.3 Å². The minimum Gasteiger partial charge on any atom is -0.489 e. The van der Waals surface area contributed by atoms with Gasteiger partial charge in [0, 0.05) is 23.7 Å². The number of nitrogens with one attached hydrogen (secondary N) is 2. The lowest BCUT2D eigenvalue weighted by molar-refractivity contribution is 0.292. The molecule has 0 unspecified atom stereocenters. The van der Waals surface area contributed by atoms with E-state index < -0.39 is 0 Å². The number of hydrogen-bond acceptors (Lipinski definition) is 4. The van der Waals surface area contributed by atoms with Crippen LogP contribution in [0.4, 0.5) is 0 Å². The molecule has 24 heavy (non-hydrogen) atoms. The minimum atomic E-state index is 0.189. The second-order valence-corrected chi connectivity index (χ2v) is 5.94. The number of halogens is 1. The maximum absolute atomic E-state index is 8.68. The van der Waals surface area contributed by atoms with Crippen LogP contribution >= 0.6 is 11.6 Å². The van der Waals surface area contributed by atoms with E-state index in [9.17, 15) is 0 Å². The van der Waals surface area contributed by atoms with Gasteiger partial charge in [-0.2, -0.15) is 0 Å².